The molecular formula is C12H19IN2O2. The number of ether oxygens (including phenoxy) is 1. The van der Waals surface area contributed by atoms with Gasteiger partial charge in [-0.15, -0.1) is 24.0 Å². The Hall–Kier alpha value is -0.820. The van der Waals surface area contributed by atoms with Crippen LogP contribution in [0.15, 0.2) is 35.8 Å². The van der Waals surface area contributed by atoms with Crippen LogP contribution in [0.2, 0.25) is 0 Å². The van der Waals surface area contributed by atoms with Crippen molar-refractivity contribution in [1.82, 2.24) is 0 Å². The fourth-order valence-corrected chi connectivity index (χ4v) is 1.15. The number of nitrogens with one attached hydrogen (secondary N) is 1. The summed E-state index contributed by atoms with van der Waals surface area (Å²) in [6.45, 7) is 1.13. The van der Waals surface area contributed by atoms with Gasteiger partial charge in [0.1, 0.15) is 0 Å². The van der Waals surface area contributed by atoms with Crippen molar-refractivity contribution in [2.45, 2.75) is 0 Å². The predicted molar refractivity (Wildman–Crippen MR) is 77.3 cm³/mol. The molecule has 1 aliphatic rings. The van der Waals surface area contributed by atoms with Gasteiger partial charge in [0.05, 0.1) is 39.3 Å². The highest BCUT2D eigenvalue weighted by Gasteiger charge is 2.06. The van der Waals surface area contributed by atoms with E-state index in [9.17, 15) is 5.11 Å². The van der Waals surface area contributed by atoms with Crippen LogP contribution in [-0.4, -0.2) is 44.5 Å². The Kier molecular flexibility index (Phi) is 6.48. The van der Waals surface area contributed by atoms with Crippen molar-refractivity contribution < 1.29 is 14.3 Å². The maximum absolute atomic E-state index is 11.6. The Morgan fingerprint density at radius 3 is 2.41 bits per heavy atom. The van der Waals surface area contributed by atoms with E-state index < -0.39 is 5.95 Å². The summed E-state index contributed by atoms with van der Waals surface area (Å²) in [5.41, 5.74) is 0.529. The van der Waals surface area contributed by atoms with Crippen molar-refractivity contribution in [3.8, 4) is 0 Å². The highest BCUT2D eigenvalue weighted by atomic mass is 127. The molecule has 0 heterocycles. The molecule has 0 unspecified atom stereocenters. The van der Waals surface area contributed by atoms with Crippen molar-refractivity contribution in [2.75, 3.05) is 34.3 Å². The molecule has 0 spiro atoms. The van der Waals surface area contributed by atoms with Gasteiger partial charge < -0.3 is 19.7 Å². The Morgan fingerprint density at radius 2 is 1.88 bits per heavy atom. The number of halogens is 1. The average molecular weight is 350 g/mol. The summed E-state index contributed by atoms with van der Waals surface area (Å²) >= 11 is 0. The highest BCUT2D eigenvalue weighted by Crippen LogP contribution is 2.10. The topological polar surface area (TPSA) is 56.1 Å². The second kappa shape index (κ2) is 6.80. The fourth-order valence-electron chi connectivity index (χ4n) is 1.15. The van der Waals surface area contributed by atoms with E-state index in [-0.39, 0.29) is 29.7 Å². The van der Waals surface area contributed by atoms with E-state index in [1.807, 2.05) is 21.1 Å². The molecule has 17 heavy (non-hydrogen) atoms. The number of rotatable bonds is 4. The Labute approximate surface area is 119 Å². The summed E-state index contributed by atoms with van der Waals surface area (Å²) in [6.07, 6.45) is 6.65. The van der Waals surface area contributed by atoms with Crippen molar-refractivity contribution >= 4 is 29.7 Å². The summed E-state index contributed by atoms with van der Waals surface area (Å²) in [6, 6.07) is 0. The molecule has 1 rings (SSSR count). The van der Waals surface area contributed by atoms with Crippen molar-refractivity contribution in [1.29, 1.82) is 5.41 Å². The Morgan fingerprint density at radius 1 is 1.29 bits per heavy atom. The number of likely N-dealkylation sites (N-methyl/N-ethyl adjacent to an activating group) is 1. The molecule has 0 fully saturated rings. The van der Waals surface area contributed by atoms with Crippen LogP contribution in [0, 0.1) is 5.41 Å². The average Bonchev–Trinajstić information content (AvgIpc) is 2.16. The third-order valence-electron chi connectivity index (χ3n) is 2.14. The summed E-state index contributed by atoms with van der Waals surface area (Å²) in [5, 5.41) is 19.2. The smallest absolute Gasteiger partial charge is 0.0875 e. The molecular weight excluding hydrogens is 331 g/mol. The number of hydrogen-bond acceptors (Lipinski definition) is 3. The zero-order valence-corrected chi connectivity index (χ0v) is 12.7. The number of nitrogens with zero attached hydrogens (tertiary/aromatic N) is 1. The van der Waals surface area contributed by atoms with E-state index in [1.165, 1.54) is 0 Å². The van der Waals surface area contributed by atoms with Crippen LogP contribution >= 0.6 is 24.0 Å². The minimum Gasteiger partial charge on any atom is -0.607 e. The quantitative estimate of drug-likeness (QED) is 0.468. The first-order chi connectivity index (χ1) is 7.40. The third-order valence-corrected chi connectivity index (χ3v) is 2.14. The SMILES string of the molecule is C[N+](C)(C)CCO/C([O-])=C1/C=CC=CC1=N.I. The Balaban J connectivity index is 0.00000256. The highest BCUT2D eigenvalue weighted by molar-refractivity contribution is 14.0. The van der Waals surface area contributed by atoms with Gasteiger partial charge in [0, 0.05) is 12.2 Å². The van der Waals surface area contributed by atoms with Crippen molar-refractivity contribution in [2.24, 2.45) is 0 Å². The summed E-state index contributed by atoms with van der Waals surface area (Å²) < 4.78 is 5.86. The molecule has 1 N–H and O–H groups in total. The summed E-state index contributed by atoms with van der Waals surface area (Å²) in [7, 11) is 6.10. The van der Waals surface area contributed by atoms with E-state index in [4.69, 9.17) is 10.1 Å². The molecule has 0 aromatic rings. The monoisotopic (exact) mass is 350 g/mol. The van der Waals surface area contributed by atoms with E-state index in [0.717, 1.165) is 11.0 Å². The standard InChI is InChI=1S/C12H18N2O2.HI/c1-14(2,3)8-9-16-12(15)10-6-4-5-7-11(10)13;/h4-7H,8-9H2,1-3H3,(H-,13,15);1H. The molecule has 0 atom stereocenters. The lowest BCUT2D eigenvalue weighted by Gasteiger charge is -2.27. The molecule has 4 nitrogen and oxygen atoms in total. The number of allylic oxidation sites excluding steroid dienone is 5. The molecule has 0 saturated heterocycles. The number of quaternary nitrogens is 1. The summed E-state index contributed by atoms with van der Waals surface area (Å²) in [5.74, 6) is -0.418. The fraction of sp³-hybridized carbons (Fsp3) is 0.417. The van der Waals surface area contributed by atoms with Crippen LogP contribution in [0.1, 0.15) is 0 Å². The molecule has 0 bridgehead atoms. The first kappa shape index (κ1) is 16.2. The lowest BCUT2D eigenvalue weighted by molar-refractivity contribution is -0.870. The largest absolute Gasteiger partial charge is 0.607 e. The lowest BCUT2D eigenvalue weighted by Crippen LogP contribution is -2.38. The van der Waals surface area contributed by atoms with Gasteiger partial charge >= 0.3 is 0 Å². The molecule has 0 saturated carbocycles. The van der Waals surface area contributed by atoms with Gasteiger partial charge in [0.25, 0.3) is 0 Å². The van der Waals surface area contributed by atoms with Gasteiger partial charge in [-0.05, 0) is 6.08 Å². The van der Waals surface area contributed by atoms with Gasteiger partial charge in [0.2, 0.25) is 0 Å². The van der Waals surface area contributed by atoms with Crippen molar-refractivity contribution in [3.05, 3.63) is 35.8 Å². The first-order valence-corrected chi connectivity index (χ1v) is 5.18. The minimum atomic E-state index is -0.418. The second-order valence-electron chi connectivity index (χ2n) is 4.70. The first-order valence-electron chi connectivity index (χ1n) is 5.18. The van der Waals surface area contributed by atoms with Crippen LogP contribution in [0.4, 0.5) is 0 Å². The van der Waals surface area contributed by atoms with Gasteiger partial charge in [-0.3, -0.25) is 0 Å². The van der Waals surface area contributed by atoms with Gasteiger partial charge in [-0.1, -0.05) is 18.2 Å². The van der Waals surface area contributed by atoms with Crippen LogP contribution in [0.3, 0.4) is 0 Å². The zero-order chi connectivity index (χ0) is 12.2. The van der Waals surface area contributed by atoms with E-state index in [2.05, 4.69) is 0 Å². The number of hydrogen-bond donors (Lipinski definition) is 1. The van der Waals surface area contributed by atoms with Crippen LogP contribution in [-0.2, 0) is 4.74 Å². The van der Waals surface area contributed by atoms with E-state index in [1.54, 1.807) is 24.3 Å². The zero-order valence-electron chi connectivity index (χ0n) is 10.4. The maximum Gasteiger partial charge on any atom is 0.0875 e. The van der Waals surface area contributed by atoms with E-state index in [0.29, 0.717) is 12.2 Å². The second-order valence-corrected chi connectivity index (χ2v) is 4.70. The summed E-state index contributed by atoms with van der Waals surface area (Å²) in [4.78, 5) is 0. The molecule has 5 heteroatoms. The van der Waals surface area contributed by atoms with Gasteiger partial charge in [0.15, 0.2) is 0 Å². The minimum absolute atomic E-state index is 0. The third kappa shape index (κ3) is 5.88. The molecule has 1 aliphatic carbocycles. The molecule has 0 aliphatic heterocycles. The van der Waals surface area contributed by atoms with Gasteiger partial charge in [-0.25, -0.2) is 0 Å². The van der Waals surface area contributed by atoms with Crippen LogP contribution in [0.5, 0.6) is 0 Å². The Bertz CT molecular complexity index is 365. The molecule has 96 valence electrons. The van der Waals surface area contributed by atoms with E-state index >= 15 is 0 Å². The molecule has 0 amide bonds. The molecule has 0 aromatic carbocycles. The maximum atomic E-state index is 11.6. The van der Waals surface area contributed by atoms with Gasteiger partial charge in [-0.2, -0.15) is 0 Å². The van der Waals surface area contributed by atoms with Crippen molar-refractivity contribution in [3.63, 3.8) is 0 Å². The van der Waals surface area contributed by atoms with Crippen LogP contribution in [0.25, 0.3) is 0 Å². The predicted octanol–water partition coefficient (Wildman–Crippen LogP) is 1.04. The van der Waals surface area contributed by atoms with Crippen LogP contribution < -0.4 is 5.11 Å². The normalized spacial score (nSPS) is 17.7. The molecule has 0 radical (unpaired) electrons. The lowest BCUT2D eigenvalue weighted by atomic mass is 10.1. The molecule has 0 aromatic heterocycles.